The fourth-order valence-corrected chi connectivity index (χ4v) is 2.20. The molecule has 0 aliphatic rings. The fraction of sp³-hybridized carbons (Fsp3) is 0.357. The first-order valence-electron chi connectivity index (χ1n) is 6.46. The molecule has 1 unspecified atom stereocenters. The van der Waals surface area contributed by atoms with Crippen LogP contribution in [0.1, 0.15) is 23.6 Å². The molecule has 1 heterocycles. The van der Waals surface area contributed by atoms with Gasteiger partial charge in [-0.15, -0.1) is 0 Å². The summed E-state index contributed by atoms with van der Waals surface area (Å²) in [7, 11) is 0. The van der Waals surface area contributed by atoms with Crippen LogP contribution < -0.4 is 11.5 Å². The van der Waals surface area contributed by atoms with E-state index in [0.717, 1.165) is 5.82 Å². The quantitative estimate of drug-likeness (QED) is 0.834. The first kappa shape index (κ1) is 14.2. The second-order valence-electron chi connectivity index (χ2n) is 4.88. The zero-order valence-corrected chi connectivity index (χ0v) is 11.7. The molecule has 0 saturated carbocycles. The van der Waals surface area contributed by atoms with Crippen molar-refractivity contribution >= 4 is 5.91 Å². The fourth-order valence-electron chi connectivity index (χ4n) is 2.20. The molecule has 4 N–H and O–H groups in total. The van der Waals surface area contributed by atoms with Crippen molar-refractivity contribution in [1.29, 1.82) is 0 Å². The Morgan fingerprint density at radius 3 is 2.45 bits per heavy atom. The lowest BCUT2D eigenvalue weighted by molar-refractivity contribution is -0.123. The van der Waals surface area contributed by atoms with Gasteiger partial charge in [0.1, 0.15) is 17.2 Å². The minimum atomic E-state index is -1.20. The summed E-state index contributed by atoms with van der Waals surface area (Å²) < 4.78 is 1.74. The molecular formula is C14H19N5O. The molecule has 1 amide bonds. The highest BCUT2D eigenvalue weighted by atomic mass is 16.1. The lowest BCUT2D eigenvalue weighted by Gasteiger charge is -2.26. The lowest BCUT2D eigenvalue weighted by Crippen LogP contribution is -2.49. The van der Waals surface area contributed by atoms with Crippen molar-refractivity contribution in [2.45, 2.75) is 32.4 Å². The highest BCUT2D eigenvalue weighted by Crippen LogP contribution is 2.22. The van der Waals surface area contributed by atoms with Crippen molar-refractivity contribution < 1.29 is 4.79 Å². The summed E-state index contributed by atoms with van der Waals surface area (Å²) in [6.07, 6.45) is 0.371. The molecule has 0 aliphatic heterocycles. The van der Waals surface area contributed by atoms with Crippen molar-refractivity contribution in [3.05, 3.63) is 47.5 Å². The maximum absolute atomic E-state index is 11.8. The third kappa shape index (κ3) is 2.70. The number of aryl methyl sites for hydroxylation is 3. The number of nitrogens with zero attached hydrogens (tertiary/aromatic N) is 3. The van der Waals surface area contributed by atoms with Crippen molar-refractivity contribution in [2.75, 3.05) is 0 Å². The molecule has 6 nitrogen and oxygen atoms in total. The number of hydrogen-bond acceptors (Lipinski definition) is 4. The zero-order valence-electron chi connectivity index (χ0n) is 11.7. The average Bonchev–Trinajstić information content (AvgIpc) is 2.75. The van der Waals surface area contributed by atoms with E-state index in [0.29, 0.717) is 24.4 Å². The Morgan fingerprint density at radius 2 is 1.95 bits per heavy atom. The van der Waals surface area contributed by atoms with Gasteiger partial charge in [-0.25, -0.2) is 4.98 Å². The van der Waals surface area contributed by atoms with Crippen LogP contribution in [-0.4, -0.2) is 20.7 Å². The predicted octanol–water partition coefficient (Wildman–Crippen LogP) is 0.625. The first-order valence-corrected chi connectivity index (χ1v) is 6.46. The molecule has 0 saturated heterocycles. The predicted molar refractivity (Wildman–Crippen MR) is 75.6 cm³/mol. The molecule has 1 aromatic carbocycles. The Labute approximate surface area is 117 Å². The van der Waals surface area contributed by atoms with Gasteiger partial charge in [-0.3, -0.25) is 9.48 Å². The molecule has 106 valence electrons. The van der Waals surface area contributed by atoms with Crippen LogP contribution in [0.15, 0.2) is 30.3 Å². The number of rotatable bonds is 5. The van der Waals surface area contributed by atoms with E-state index in [9.17, 15) is 4.79 Å². The van der Waals surface area contributed by atoms with Crippen molar-refractivity contribution in [2.24, 2.45) is 11.5 Å². The van der Waals surface area contributed by atoms with E-state index in [4.69, 9.17) is 11.5 Å². The standard InChI is InChI=1S/C14H19N5O/c1-10-17-11(2)19(18-10)9-8-14(16,13(15)20)12-6-4-3-5-7-12/h3-7H,8-9,16H2,1-2H3,(H2,15,20). The largest absolute Gasteiger partial charge is 0.368 e. The molecule has 2 rings (SSSR count). The number of nitrogens with two attached hydrogens (primary N) is 2. The van der Waals surface area contributed by atoms with Crippen LogP contribution in [-0.2, 0) is 16.9 Å². The third-order valence-electron chi connectivity index (χ3n) is 3.41. The topological polar surface area (TPSA) is 99.8 Å². The smallest absolute Gasteiger partial charge is 0.242 e. The van der Waals surface area contributed by atoms with Crippen molar-refractivity contribution in [1.82, 2.24) is 14.8 Å². The van der Waals surface area contributed by atoms with Crippen LogP contribution in [0.5, 0.6) is 0 Å². The van der Waals surface area contributed by atoms with Gasteiger partial charge < -0.3 is 11.5 Å². The molecule has 0 spiro atoms. The Kier molecular flexibility index (Phi) is 3.85. The molecule has 0 radical (unpaired) electrons. The van der Waals surface area contributed by atoms with Crippen LogP contribution in [0.4, 0.5) is 0 Å². The van der Waals surface area contributed by atoms with Crippen molar-refractivity contribution in [3.8, 4) is 0 Å². The maximum Gasteiger partial charge on any atom is 0.242 e. The second kappa shape index (κ2) is 5.42. The van der Waals surface area contributed by atoms with E-state index < -0.39 is 11.4 Å². The summed E-state index contributed by atoms with van der Waals surface area (Å²) in [5.41, 5.74) is 11.2. The summed E-state index contributed by atoms with van der Waals surface area (Å²) in [4.78, 5) is 16.0. The molecule has 20 heavy (non-hydrogen) atoms. The summed E-state index contributed by atoms with van der Waals surface area (Å²) in [6, 6.07) is 9.17. The van der Waals surface area contributed by atoms with Crippen LogP contribution in [0.25, 0.3) is 0 Å². The van der Waals surface area contributed by atoms with E-state index in [2.05, 4.69) is 10.1 Å². The highest BCUT2D eigenvalue weighted by molar-refractivity contribution is 5.85. The van der Waals surface area contributed by atoms with Crippen LogP contribution in [0.3, 0.4) is 0 Å². The van der Waals surface area contributed by atoms with Gasteiger partial charge >= 0.3 is 0 Å². The monoisotopic (exact) mass is 273 g/mol. The van der Waals surface area contributed by atoms with Gasteiger partial charge in [0, 0.05) is 6.54 Å². The summed E-state index contributed by atoms with van der Waals surface area (Å²) in [5.74, 6) is 0.949. The van der Waals surface area contributed by atoms with Gasteiger partial charge in [-0.2, -0.15) is 5.10 Å². The Morgan fingerprint density at radius 1 is 1.30 bits per heavy atom. The van der Waals surface area contributed by atoms with E-state index in [1.54, 1.807) is 4.68 Å². The summed E-state index contributed by atoms with van der Waals surface area (Å²) in [5, 5.41) is 4.26. The molecule has 1 atom stereocenters. The highest BCUT2D eigenvalue weighted by Gasteiger charge is 2.33. The van der Waals surface area contributed by atoms with Crippen LogP contribution in [0.2, 0.25) is 0 Å². The van der Waals surface area contributed by atoms with Crippen LogP contribution in [0, 0.1) is 13.8 Å². The van der Waals surface area contributed by atoms with Gasteiger partial charge in [0.25, 0.3) is 0 Å². The van der Waals surface area contributed by atoms with Gasteiger partial charge in [-0.05, 0) is 25.8 Å². The van der Waals surface area contributed by atoms with Crippen molar-refractivity contribution in [3.63, 3.8) is 0 Å². The number of benzene rings is 1. The molecular weight excluding hydrogens is 254 g/mol. The first-order chi connectivity index (χ1) is 9.43. The van der Waals surface area contributed by atoms with Crippen LogP contribution >= 0.6 is 0 Å². The average molecular weight is 273 g/mol. The summed E-state index contributed by atoms with van der Waals surface area (Å²) in [6.45, 7) is 4.18. The van der Waals surface area contributed by atoms with Gasteiger partial charge in [-0.1, -0.05) is 30.3 Å². The minimum Gasteiger partial charge on any atom is -0.368 e. The molecule has 0 bridgehead atoms. The Bertz CT molecular complexity index is 607. The SMILES string of the molecule is Cc1nc(C)n(CCC(N)(C(N)=O)c2ccccc2)n1. The lowest BCUT2D eigenvalue weighted by atomic mass is 9.87. The molecule has 0 fully saturated rings. The molecule has 6 heteroatoms. The minimum absolute atomic E-state index is 0.371. The molecule has 0 aliphatic carbocycles. The van der Waals surface area contributed by atoms with E-state index in [1.165, 1.54) is 0 Å². The van der Waals surface area contributed by atoms with E-state index in [1.807, 2.05) is 44.2 Å². The number of amides is 1. The molecule has 2 aromatic rings. The van der Waals surface area contributed by atoms with Gasteiger partial charge in [0.05, 0.1) is 0 Å². The number of primary amides is 1. The van der Waals surface area contributed by atoms with E-state index in [-0.39, 0.29) is 0 Å². The number of aromatic nitrogens is 3. The van der Waals surface area contributed by atoms with Gasteiger partial charge in [0.2, 0.25) is 5.91 Å². The number of carbonyl (C=O) groups is 1. The normalized spacial score (nSPS) is 13.9. The zero-order chi connectivity index (χ0) is 14.8. The second-order valence-corrected chi connectivity index (χ2v) is 4.88. The van der Waals surface area contributed by atoms with E-state index >= 15 is 0 Å². The number of hydrogen-bond donors (Lipinski definition) is 2. The molecule has 1 aromatic heterocycles. The third-order valence-corrected chi connectivity index (χ3v) is 3.41. The maximum atomic E-state index is 11.8. The Balaban J connectivity index is 2.23. The summed E-state index contributed by atoms with van der Waals surface area (Å²) >= 11 is 0. The number of carbonyl (C=O) groups excluding carboxylic acids is 1. The Hall–Kier alpha value is -2.21. The van der Waals surface area contributed by atoms with Gasteiger partial charge in [0.15, 0.2) is 0 Å².